The molecule has 0 aliphatic rings. The first kappa shape index (κ1) is 18.6. The van der Waals surface area contributed by atoms with Gasteiger partial charge in [-0.15, -0.1) is 0 Å². The number of hydrogen-bond donors (Lipinski definition) is 1. The van der Waals surface area contributed by atoms with E-state index >= 15 is 0 Å². The lowest BCUT2D eigenvalue weighted by Crippen LogP contribution is -2.42. The van der Waals surface area contributed by atoms with Crippen LogP contribution >= 0.6 is 0 Å². The molecule has 0 saturated heterocycles. The van der Waals surface area contributed by atoms with Crippen molar-refractivity contribution in [2.45, 2.75) is 45.6 Å². The van der Waals surface area contributed by atoms with Gasteiger partial charge >= 0.3 is 5.97 Å². The zero-order valence-corrected chi connectivity index (χ0v) is 13.4. The molecule has 1 amide bonds. The topological polar surface area (TPSA) is 98.5 Å². The average molecular weight is 322 g/mol. The minimum Gasteiger partial charge on any atom is -0.464 e. The minimum absolute atomic E-state index is 0.0274. The predicted molar refractivity (Wildman–Crippen MR) is 84.9 cm³/mol. The number of amides is 1. The number of ether oxygens (including phenoxy) is 1. The first-order valence-corrected chi connectivity index (χ1v) is 7.67. The van der Waals surface area contributed by atoms with Crippen LogP contribution in [0.3, 0.4) is 0 Å². The fourth-order valence-electron chi connectivity index (χ4n) is 1.96. The molecule has 1 aromatic rings. The third-order valence-electron chi connectivity index (χ3n) is 3.26. The van der Waals surface area contributed by atoms with Crippen LogP contribution < -0.4 is 5.32 Å². The molecule has 0 radical (unpaired) electrons. The second kappa shape index (κ2) is 9.55. The number of non-ortho nitro benzene ring substituents is 1. The van der Waals surface area contributed by atoms with Gasteiger partial charge in [-0.3, -0.25) is 14.9 Å². The monoisotopic (exact) mass is 322 g/mol. The number of nitro benzene ring substituents is 1. The standard InChI is InChI=1S/C16H22N2O5/c1-3-5-9-23-16(20)14(4-2)17-15(19)11-12-7-6-8-13(10-12)18(21)22/h6-8,10,14H,3-5,9,11H2,1-2H3,(H,17,19). The molecule has 1 N–H and O–H groups in total. The van der Waals surface area contributed by atoms with E-state index in [1.165, 1.54) is 18.2 Å². The van der Waals surface area contributed by atoms with Gasteiger partial charge in [-0.05, 0) is 18.4 Å². The smallest absolute Gasteiger partial charge is 0.328 e. The lowest BCUT2D eigenvalue weighted by atomic mass is 10.1. The van der Waals surface area contributed by atoms with Crippen LogP contribution in [-0.2, 0) is 20.7 Å². The van der Waals surface area contributed by atoms with Gasteiger partial charge in [-0.2, -0.15) is 0 Å². The van der Waals surface area contributed by atoms with Gasteiger partial charge in [0, 0.05) is 12.1 Å². The molecule has 1 rings (SSSR count). The summed E-state index contributed by atoms with van der Waals surface area (Å²) in [6.45, 7) is 4.11. The Morgan fingerprint density at radius 1 is 1.35 bits per heavy atom. The molecule has 0 saturated carbocycles. The molecule has 23 heavy (non-hydrogen) atoms. The molecule has 0 bridgehead atoms. The van der Waals surface area contributed by atoms with Crippen LogP contribution in [-0.4, -0.2) is 29.4 Å². The largest absolute Gasteiger partial charge is 0.464 e. The Balaban J connectivity index is 2.58. The number of nitrogens with one attached hydrogen (secondary N) is 1. The summed E-state index contributed by atoms with van der Waals surface area (Å²) < 4.78 is 5.09. The highest BCUT2D eigenvalue weighted by Crippen LogP contribution is 2.13. The second-order valence-corrected chi connectivity index (χ2v) is 5.15. The Labute approximate surface area is 135 Å². The van der Waals surface area contributed by atoms with Crippen molar-refractivity contribution in [2.75, 3.05) is 6.61 Å². The van der Waals surface area contributed by atoms with Gasteiger partial charge in [0.2, 0.25) is 5.91 Å². The molecular formula is C16H22N2O5. The molecule has 0 aliphatic heterocycles. The average Bonchev–Trinajstić information content (AvgIpc) is 2.52. The number of benzene rings is 1. The van der Waals surface area contributed by atoms with Crippen LogP contribution in [0.5, 0.6) is 0 Å². The van der Waals surface area contributed by atoms with E-state index in [1.54, 1.807) is 13.0 Å². The van der Waals surface area contributed by atoms with E-state index in [0.29, 0.717) is 18.6 Å². The quantitative estimate of drug-likeness (QED) is 0.326. The number of esters is 1. The van der Waals surface area contributed by atoms with Crippen molar-refractivity contribution in [2.24, 2.45) is 0 Å². The van der Waals surface area contributed by atoms with Crippen LogP contribution in [0.1, 0.15) is 38.7 Å². The third kappa shape index (κ3) is 6.46. The van der Waals surface area contributed by atoms with E-state index in [9.17, 15) is 19.7 Å². The van der Waals surface area contributed by atoms with Gasteiger partial charge in [0.05, 0.1) is 18.0 Å². The summed E-state index contributed by atoms with van der Waals surface area (Å²) in [6, 6.07) is 5.17. The number of carbonyl (C=O) groups excluding carboxylic acids is 2. The summed E-state index contributed by atoms with van der Waals surface area (Å²) in [5.74, 6) is -0.821. The zero-order valence-electron chi connectivity index (χ0n) is 13.4. The van der Waals surface area contributed by atoms with E-state index in [2.05, 4.69) is 5.32 Å². The second-order valence-electron chi connectivity index (χ2n) is 5.15. The molecule has 126 valence electrons. The predicted octanol–water partition coefficient (Wildman–Crippen LogP) is 2.38. The highest BCUT2D eigenvalue weighted by atomic mass is 16.6. The van der Waals surface area contributed by atoms with Crippen LogP contribution in [0.15, 0.2) is 24.3 Å². The van der Waals surface area contributed by atoms with Crippen molar-refractivity contribution >= 4 is 17.6 Å². The minimum atomic E-state index is -0.696. The molecular weight excluding hydrogens is 300 g/mol. The van der Waals surface area contributed by atoms with Crippen LogP contribution in [0.2, 0.25) is 0 Å². The van der Waals surface area contributed by atoms with Crippen LogP contribution in [0, 0.1) is 10.1 Å². The lowest BCUT2D eigenvalue weighted by molar-refractivity contribution is -0.384. The maximum absolute atomic E-state index is 12.0. The Hall–Kier alpha value is -2.44. The van der Waals surface area contributed by atoms with Gasteiger partial charge in [0.25, 0.3) is 5.69 Å². The fourth-order valence-corrected chi connectivity index (χ4v) is 1.96. The number of nitro groups is 1. The van der Waals surface area contributed by atoms with Crippen molar-refractivity contribution < 1.29 is 19.2 Å². The van der Waals surface area contributed by atoms with E-state index in [1.807, 2.05) is 6.92 Å². The molecule has 0 aromatic heterocycles. The number of nitrogens with zero attached hydrogens (tertiary/aromatic N) is 1. The third-order valence-corrected chi connectivity index (χ3v) is 3.26. The summed E-state index contributed by atoms with van der Waals surface area (Å²) in [5, 5.41) is 13.3. The first-order chi connectivity index (χ1) is 11.0. The van der Waals surface area contributed by atoms with Crippen molar-refractivity contribution in [3.05, 3.63) is 39.9 Å². The fraction of sp³-hybridized carbons (Fsp3) is 0.500. The van der Waals surface area contributed by atoms with Gasteiger partial charge in [0.1, 0.15) is 6.04 Å². The molecule has 1 unspecified atom stereocenters. The molecule has 0 aliphatic carbocycles. The van der Waals surface area contributed by atoms with E-state index < -0.39 is 16.9 Å². The maximum atomic E-state index is 12.0. The summed E-state index contributed by atoms with van der Waals surface area (Å²) in [7, 11) is 0. The molecule has 0 fully saturated rings. The molecule has 0 heterocycles. The normalized spacial score (nSPS) is 11.6. The summed E-state index contributed by atoms with van der Waals surface area (Å²) >= 11 is 0. The molecule has 7 heteroatoms. The number of carbonyl (C=O) groups is 2. The Kier molecular flexibility index (Phi) is 7.73. The van der Waals surface area contributed by atoms with Crippen LogP contribution in [0.4, 0.5) is 5.69 Å². The zero-order chi connectivity index (χ0) is 17.2. The van der Waals surface area contributed by atoms with Gasteiger partial charge < -0.3 is 10.1 Å². The summed E-state index contributed by atoms with van der Waals surface area (Å²) in [4.78, 5) is 34.1. The Bertz CT molecular complexity index is 559. The SMILES string of the molecule is CCCCOC(=O)C(CC)NC(=O)Cc1cccc([N+](=O)[O-])c1. The number of hydrogen-bond acceptors (Lipinski definition) is 5. The van der Waals surface area contributed by atoms with E-state index in [4.69, 9.17) is 4.74 Å². The van der Waals surface area contributed by atoms with Gasteiger partial charge in [0.15, 0.2) is 0 Å². The highest BCUT2D eigenvalue weighted by molar-refractivity contribution is 5.85. The maximum Gasteiger partial charge on any atom is 0.328 e. The van der Waals surface area contributed by atoms with E-state index in [-0.39, 0.29) is 18.0 Å². The van der Waals surface area contributed by atoms with Crippen molar-refractivity contribution in [1.82, 2.24) is 5.32 Å². The summed E-state index contributed by atoms with van der Waals surface area (Å²) in [6.07, 6.45) is 2.10. The van der Waals surface area contributed by atoms with Gasteiger partial charge in [-0.25, -0.2) is 4.79 Å². The van der Waals surface area contributed by atoms with E-state index in [0.717, 1.165) is 12.8 Å². The number of unbranched alkanes of at least 4 members (excludes halogenated alkanes) is 1. The van der Waals surface area contributed by atoms with Crippen molar-refractivity contribution in [3.63, 3.8) is 0 Å². The Morgan fingerprint density at radius 3 is 2.70 bits per heavy atom. The lowest BCUT2D eigenvalue weighted by Gasteiger charge is -2.16. The van der Waals surface area contributed by atoms with Crippen LogP contribution in [0.25, 0.3) is 0 Å². The van der Waals surface area contributed by atoms with Gasteiger partial charge in [-0.1, -0.05) is 32.4 Å². The highest BCUT2D eigenvalue weighted by Gasteiger charge is 2.20. The van der Waals surface area contributed by atoms with Crippen molar-refractivity contribution in [1.29, 1.82) is 0 Å². The van der Waals surface area contributed by atoms with Crippen molar-refractivity contribution in [3.8, 4) is 0 Å². The molecule has 0 spiro atoms. The first-order valence-electron chi connectivity index (χ1n) is 7.67. The Morgan fingerprint density at radius 2 is 2.09 bits per heavy atom. The molecule has 7 nitrogen and oxygen atoms in total. The number of rotatable bonds is 9. The molecule has 1 atom stereocenters. The summed E-state index contributed by atoms with van der Waals surface area (Å²) in [5.41, 5.74) is 0.451. The molecule has 1 aromatic carbocycles.